The van der Waals surface area contributed by atoms with Gasteiger partial charge in [0, 0.05) is 0 Å². The van der Waals surface area contributed by atoms with Crippen molar-refractivity contribution in [1.82, 2.24) is 4.90 Å². The summed E-state index contributed by atoms with van der Waals surface area (Å²) in [5.74, 6) is -0.120. The second kappa shape index (κ2) is 16.7. The molecule has 0 saturated carbocycles. The standard InChI is InChI=1S/C26H49NO2/c1-8-10-11-12-13-14-15-16-17-18-21-24(27(6)7)25(28)29-26(5,9-2)22-19-20-23(3)4/h9,20,24H,2,8,10-19,21-22H2,1,3-7H3. The number of hydrogen-bond donors (Lipinski definition) is 0. The van der Waals surface area contributed by atoms with Crippen LogP contribution in [0.2, 0.25) is 0 Å². The summed E-state index contributed by atoms with van der Waals surface area (Å²) in [6.07, 6.45) is 19.6. The van der Waals surface area contributed by atoms with Gasteiger partial charge in [-0.05, 0) is 60.2 Å². The Labute approximate surface area is 182 Å². The molecule has 2 unspecified atom stereocenters. The van der Waals surface area contributed by atoms with E-state index in [2.05, 4.69) is 33.4 Å². The number of nitrogens with zero attached hydrogens (tertiary/aromatic N) is 1. The number of esters is 1. The molecular weight excluding hydrogens is 358 g/mol. The van der Waals surface area contributed by atoms with Gasteiger partial charge >= 0.3 is 5.97 Å². The topological polar surface area (TPSA) is 29.5 Å². The van der Waals surface area contributed by atoms with Gasteiger partial charge in [0.1, 0.15) is 11.6 Å². The summed E-state index contributed by atoms with van der Waals surface area (Å²) in [7, 11) is 3.94. The minimum Gasteiger partial charge on any atom is -0.454 e. The van der Waals surface area contributed by atoms with Crippen LogP contribution in [0, 0.1) is 0 Å². The fraction of sp³-hybridized carbons (Fsp3) is 0.808. The molecule has 0 aromatic rings. The molecule has 0 bridgehead atoms. The first-order chi connectivity index (χ1) is 13.8. The van der Waals surface area contributed by atoms with Crippen LogP contribution in [-0.2, 0) is 9.53 Å². The first-order valence-corrected chi connectivity index (χ1v) is 11.9. The zero-order chi connectivity index (χ0) is 22.1. The lowest BCUT2D eigenvalue weighted by atomic mass is 9.98. The highest BCUT2D eigenvalue weighted by Crippen LogP contribution is 2.23. The molecule has 0 radical (unpaired) electrons. The van der Waals surface area contributed by atoms with Crippen LogP contribution in [0.5, 0.6) is 0 Å². The third kappa shape index (κ3) is 14.5. The van der Waals surface area contributed by atoms with Gasteiger partial charge in [-0.2, -0.15) is 0 Å². The van der Waals surface area contributed by atoms with Crippen molar-refractivity contribution in [1.29, 1.82) is 0 Å². The quantitative estimate of drug-likeness (QED) is 0.134. The van der Waals surface area contributed by atoms with Gasteiger partial charge in [-0.1, -0.05) is 89.4 Å². The summed E-state index contributed by atoms with van der Waals surface area (Å²) in [5, 5.41) is 0. The Morgan fingerprint density at radius 2 is 1.52 bits per heavy atom. The normalized spacial score (nSPS) is 14.3. The Morgan fingerprint density at radius 1 is 1.00 bits per heavy atom. The first kappa shape index (κ1) is 27.9. The largest absolute Gasteiger partial charge is 0.454 e. The molecular formula is C26H49NO2. The molecule has 0 fully saturated rings. The van der Waals surface area contributed by atoms with E-state index in [9.17, 15) is 4.79 Å². The lowest BCUT2D eigenvalue weighted by Crippen LogP contribution is -2.41. The molecule has 0 aliphatic rings. The third-order valence-corrected chi connectivity index (χ3v) is 5.69. The van der Waals surface area contributed by atoms with Crippen LogP contribution in [0.4, 0.5) is 0 Å². The Morgan fingerprint density at radius 3 is 1.97 bits per heavy atom. The van der Waals surface area contributed by atoms with Crippen LogP contribution in [0.3, 0.4) is 0 Å². The van der Waals surface area contributed by atoms with Gasteiger partial charge in [0.05, 0.1) is 0 Å². The van der Waals surface area contributed by atoms with Crippen molar-refractivity contribution < 1.29 is 9.53 Å². The van der Waals surface area contributed by atoms with Crippen LogP contribution >= 0.6 is 0 Å². The molecule has 0 N–H and O–H groups in total. The Bertz CT molecular complexity index is 465. The SMILES string of the molecule is C=CC(C)(CCC=C(C)C)OC(=O)C(CCCCCCCCCCCC)N(C)C. The highest BCUT2D eigenvalue weighted by Gasteiger charge is 2.30. The summed E-state index contributed by atoms with van der Waals surface area (Å²) >= 11 is 0. The Balaban J connectivity index is 4.26. The van der Waals surface area contributed by atoms with Crippen molar-refractivity contribution in [2.24, 2.45) is 0 Å². The molecule has 0 rings (SSSR count). The van der Waals surface area contributed by atoms with Gasteiger partial charge in [0.2, 0.25) is 0 Å². The van der Waals surface area contributed by atoms with E-state index in [1.54, 1.807) is 6.08 Å². The summed E-state index contributed by atoms with van der Waals surface area (Å²) in [5.41, 5.74) is 0.685. The zero-order valence-corrected chi connectivity index (χ0v) is 20.4. The number of rotatable bonds is 18. The predicted molar refractivity (Wildman–Crippen MR) is 127 cm³/mol. The molecule has 29 heavy (non-hydrogen) atoms. The molecule has 0 aromatic heterocycles. The molecule has 3 nitrogen and oxygen atoms in total. The molecule has 0 spiro atoms. The van der Waals surface area contributed by atoms with Crippen LogP contribution < -0.4 is 0 Å². The highest BCUT2D eigenvalue weighted by molar-refractivity contribution is 5.76. The maximum absolute atomic E-state index is 12.8. The fourth-order valence-electron chi connectivity index (χ4n) is 3.55. The van der Waals surface area contributed by atoms with Crippen LogP contribution in [-0.4, -0.2) is 36.6 Å². The van der Waals surface area contributed by atoms with Gasteiger partial charge in [0.15, 0.2) is 0 Å². The smallest absolute Gasteiger partial charge is 0.324 e. The van der Waals surface area contributed by atoms with E-state index in [1.165, 1.54) is 63.4 Å². The maximum Gasteiger partial charge on any atom is 0.324 e. The number of carbonyl (C=O) groups is 1. The van der Waals surface area contributed by atoms with E-state index in [0.29, 0.717) is 0 Å². The van der Waals surface area contributed by atoms with Gasteiger partial charge in [-0.25, -0.2) is 0 Å². The van der Waals surface area contributed by atoms with Crippen molar-refractivity contribution in [3.8, 4) is 0 Å². The van der Waals surface area contributed by atoms with E-state index in [0.717, 1.165) is 25.7 Å². The molecule has 0 aromatic carbocycles. The summed E-state index contributed by atoms with van der Waals surface area (Å²) < 4.78 is 5.91. The number of ether oxygens (including phenoxy) is 1. The molecule has 170 valence electrons. The summed E-state index contributed by atoms with van der Waals surface area (Å²) in [6.45, 7) is 12.3. The molecule has 0 aliphatic heterocycles. The number of unbranched alkanes of at least 4 members (excludes halogenated alkanes) is 9. The monoisotopic (exact) mass is 407 g/mol. The van der Waals surface area contributed by atoms with Gasteiger partial charge < -0.3 is 4.74 Å². The Kier molecular flexibility index (Phi) is 16.1. The van der Waals surface area contributed by atoms with Crippen molar-refractivity contribution in [2.45, 2.75) is 123 Å². The second-order valence-electron chi connectivity index (χ2n) is 9.21. The maximum atomic E-state index is 12.8. The fourth-order valence-corrected chi connectivity index (χ4v) is 3.55. The number of hydrogen-bond acceptors (Lipinski definition) is 3. The average Bonchev–Trinajstić information content (AvgIpc) is 2.65. The molecule has 0 amide bonds. The molecule has 0 saturated heterocycles. The van der Waals surface area contributed by atoms with E-state index in [1.807, 2.05) is 25.9 Å². The second-order valence-corrected chi connectivity index (χ2v) is 9.21. The average molecular weight is 408 g/mol. The third-order valence-electron chi connectivity index (χ3n) is 5.69. The number of allylic oxidation sites excluding steroid dienone is 2. The number of likely N-dealkylation sites (N-methyl/N-ethyl adjacent to an activating group) is 1. The van der Waals surface area contributed by atoms with Crippen molar-refractivity contribution >= 4 is 5.97 Å². The summed E-state index contributed by atoms with van der Waals surface area (Å²) in [4.78, 5) is 14.8. The van der Waals surface area contributed by atoms with Crippen LogP contribution in [0.25, 0.3) is 0 Å². The predicted octanol–water partition coefficient (Wildman–Crippen LogP) is 7.46. The molecule has 0 aliphatic carbocycles. The molecule has 0 heterocycles. The van der Waals surface area contributed by atoms with E-state index < -0.39 is 5.60 Å². The van der Waals surface area contributed by atoms with E-state index >= 15 is 0 Å². The minimum absolute atomic E-state index is 0.120. The Hall–Kier alpha value is -1.09. The highest BCUT2D eigenvalue weighted by atomic mass is 16.6. The molecule has 3 heteroatoms. The van der Waals surface area contributed by atoms with E-state index in [-0.39, 0.29) is 12.0 Å². The number of carbonyl (C=O) groups excluding carboxylic acids is 1. The lowest BCUT2D eigenvalue weighted by molar-refractivity contribution is -0.160. The van der Waals surface area contributed by atoms with Crippen molar-refractivity contribution in [3.05, 3.63) is 24.3 Å². The van der Waals surface area contributed by atoms with Crippen LogP contribution in [0.1, 0.15) is 111 Å². The van der Waals surface area contributed by atoms with Gasteiger partial charge in [-0.15, -0.1) is 0 Å². The van der Waals surface area contributed by atoms with E-state index in [4.69, 9.17) is 4.74 Å². The zero-order valence-electron chi connectivity index (χ0n) is 20.4. The van der Waals surface area contributed by atoms with Gasteiger partial charge in [-0.3, -0.25) is 9.69 Å². The minimum atomic E-state index is -0.602. The summed E-state index contributed by atoms with van der Waals surface area (Å²) in [6, 6.07) is -0.174. The van der Waals surface area contributed by atoms with Crippen molar-refractivity contribution in [2.75, 3.05) is 14.1 Å². The first-order valence-electron chi connectivity index (χ1n) is 11.9. The molecule has 2 atom stereocenters. The van der Waals surface area contributed by atoms with Crippen molar-refractivity contribution in [3.63, 3.8) is 0 Å². The van der Waals surface area contributed by atoms with Gasteiger partial charge in [0.25, 0.3) is 0 Å². The lowest BCUT2D eigenvalue weighted by Gasteiger charge is -2.30. The van der Waals surface area contributed by atoms with Crippen LogP contribution in [0.15, 0.2) is 24.3 Å².